The second kappa shape index (κ2) is 7.75. The molecule has 2 rings (SSSR count). The number of hydrogen-bond donors (Lipinski definition) is 3. The lowest BCUT2D eigenvalue weighted by molar-refractivity contribution is -0.116. The largest absolute Gasteiger partial charge is 0.345 e. The number of halogens is 1. The number of carbonyl (C=O) groups excluding carboxylic acids is 2. The molecule has 24 heavy (non-hydrogen) atoms. The molecule has 1 saturated carbocycles. The smallest absolute Gasteiger partial charge is 0.251 e. The molecule has 0 aromatic heterocycles. The van der Waals surface area contributed by atoms with Crippen LogP contribution in [0.25, 0.3) is 0 Å². The third-order valence-corrected chi connectivity index (χ3v) is 4.43. The highest BCUT2D eigenvalue weighted by molar-refractivity contribution is 5.96. The summed E-state index contributed by atoms with van der Waals surface area (Å²) in [6.45, 7) is 4.21. The summed E-state index contributed by atoms with van der Waals surface area (Å²) in [5.41, 5.74) is 5.75. The van der Waals surface area contributed by atoms with Crippen molar-refractivity contribution in [1.29, 1.82) is 0 Å². The Morgan fingerprint density at radius 1 is 1.29 bits per heavy atom. The second-order valence-corrected chi connectivity index (χ2v) is 6.99. The van der Waals surface area contributed by atoms with E-state index in [4.69, 9.17) is 5.73 Å². The Labute approximate surface area is 142 Å². The van der Waals surface area contributed by atoms with Crippen LogP contribution >= 0.6 is 0 Å². The van der Waals surface area contributed by atoms with Gasteiger partial charge in [0.05, 0.1) is 11.2 Å². The van der Waals surface area contributed by atoms with E-state index in [1.807, 2.05) is 13.8 Å². The summed E-state index contributed by atoms with van der Waals surface area (Å²) in [4.78, 5) is 24.1. The van der Waals surface area contributed by atoms with Crippen LogP contribution in [0.2, 0.25) is 0 Å². The first-order valence-electron chi connectivity index (χ1n) is 8.47. The van der Waals surface area contributed by atoms with Crippen LogP contribution in [-0.2, 0) is 4.79 Å². The monoisotopic (exact) mass is 335 g/mol. The molecule has 132 valence electrons. The molecular weight excluding hydrogens is 309 g/mol. The van der Waals surface area contributed by atoms with Crippen LogP contribution in [0.5, 0.6) is 0 Å². The number of anilines is 1. The topological polar surface area (TPSA) is 84.2 Å². The average Bonchev–Trinajstić information content (AvgIpc) is 2.97. The maximum absolute atomic E-state index is 14.2. The van der Waals surface area contributed by atoms with Crippen molar-refractivity contribution in [3.63, 3.8) is 0 Å². The zero-order valence-electron chi connectivity index (χ0n) is 14.3. The highest BCUT2D eigenvalue weighted by Gasteiger charge is 2.34. The summed E-state index contributed by atoms with van der Waals surface area (Å²) in [6, 6.07) is 4.09. The minimum absolute atomic E-state index is 0.0894. The van der Waals surface area contributed by atoms with Crippen LogP contribution in [0.4, 0.5) is 10.1 Å². The van der Waals surface area contributed by atoms with Crippen molar-refractivity contribution in [3.05, 3.63) is 29.6 Å². The van der Waals surface area contributed by atoms with Crippen LogP contribution in [-0.4, -0.2) is 23.9 Å². The van der Waals surface area contributed by atoms with E-state index in [0.717, 1.165) is 31.7 Å². The summed E-state index contributed by atoms with van der Waals surface area (Å²) in [5.74, 6) is -1.000. The third kappa shape index (κ3) is 4.54. The Kier molecular flexibility index (Phi) is 5.94. The molecule has 4 N–H and O–H groups in total. The van der Waals surface area contributed by atoms with Crippen molar-refractivity contribution >= 4 is 17.5 Å². The van der Waals surface area contributed by atoms with E-state index in [1.165, 1.54) is 12.1 Å². The van der Waals surface area contributed by atoms with Gasteiger partial charge in [-0.15, -0.1) is 0 Å². The lowest BCUT2D eigenvalue weighted by Crippen LogP contribution is -2.51. The Morgan fingerprint density at radius 2 is 1.96 bits per heavy atom. The molecule has 6 heteroatoms. The normalized spacial score (nSPS) is 16.2. The van der Waals surface area contributed by atoms with Gasteiger partial charge in [0.2, 0.25) is 5.91 Å². The van der Waals surface area contributed by atoms with E-state index in [0.29, 0.717) is 13.0 Å². The molecule has 0 bridgehead atoms. The molecule has 1 aliphatic rings. The number of rotatable bonds is 6. The highest BCUT2D eigenvalue weighted by atomic mass is 19.1. The van der Waals surface area contributed by atoms with Gasteiger partial charge in [-0.2, -0.15) is 0 Å². The maximum Gasteiger partial charge on any atom is 0.251 e. The second-order valence-electron chi connectivity index (χ2n) is 6.99. The van der Waals surface area contributed by atoms with Crippen LogP contribution in [0.1, 0.15) is 56.3 Å². The van der Waals surface area contributed by atoms with Crippen LogP contribution in [0.15, 0.2) is 18.2 Å². The number of hydrogen-bond acceptors (Lipinski definition) is 3. The van der Waals surface area contributed by atoms with E-state index in [2.05, 4.69) is 10.6 Å². The number of carbonyl (C=O) groups is 2. The molecule has 0 spiro atoms. The van der Waals surface area contributed by atoms with E-state index in [9.17, 15) is 14.0 Å². The average molecular weight is 335 g/mol. The minimum Gasteiger partial charge on any atom is -0.345 e. The first-order valence-corrected chi connectivity index (χ1v) is 8.47. The third-order valence-electron chi connectivity index (χ3n) is 4.43. The molecule has 2 amide bonds. The van der Waals surface area contributed by atoms with E-state index in [-0.39, 0.29) is 34.5 Å². The van der Waals surface area contributed by atoms with Gasteiger partial charge in [0.1, 0.15) is 5.82 Å². The quantitative estimate of drug-likeness (QED) is 0.747. The van der Waals surface area contributed by atoms with Gasteiger partial charge in [-0.3, -0.25) is 9.59 Å². The lowest BCUT2D eigenvalue weighted by atomic mass is 9.97. The van der Waals surface area contributed by atoms with Gasteiger partial charge in [0, 0.05) is 18.5 Å². The summed E-state index contributed by atoms with van der Waals surface area (Å²) in [5, 5.41) is 5.49. The van der Waals surface area contributed by atoms with Crippen molar-refractivity contribution < 1.29 is 14.0 Å². The fraction of sp³-hybridized carbons (Fsp3) is 0.556. The van der Waals surface area contributed by atoms with Crippen molar-refractivity contribution in [1.82, 2.24) is 5.32 Å². The molecule has 1 aromatic carbocycles. The van der Waals surface area contributed by atoms with Gasteiger partial charge in [0.15, 0.2) is 0 Å². The highest BCUT2D eigenvalue weighted by Crippen LogP contribution is 2.29. The van der Waals surface area contributed by atoms with Gasteiger partial charge in [-0.05, 0) is 37.0 Å². The molecule has 0 atom stereocenters. The van der Waals surface area contributed by atoms with Crippen molar-refractivity contribution in [3.8, 4) is 0 Å². The molecule has 5 nitrogen and oxygen atoms in total. The number of amides is 2. The minimum atomic E-state index is -0.618. The fourth-order valence-corrected chi connectivity index (χ4v) is 3.07. The Morgan fingerprint density at radius 3 is 2.50 bits per heavy atom. The lowest BCUT2D eigenvalue weighted by Gasteiger charge is -2.28. The van der Waals surface area contributed by atoms with Crippen molar-refractivity contribution in [2.24, 2.45) is 11.7 Å². The molecule has 0 heterocycles. The molecule has 0 saturated heterocycles. The van der Waals surface area contributed by atoms with E-state index in [1.54, 1.807) is 0 Å². The first kappa shape index (κ1) is 18.4. The van der Waals surface area contributed by atoms with Crippen LogP contribution in [0, 0.1) is 11.7 Å². The first-order chi connectivity index (χ1) is 11.3. The molecule has 1 fully saturated rings. The summed E-state index contributed by atoms with van der Waals surface area (Å²) < 4.78 is 14.2. The number of nitrogens with two attached hydrogens (primary N) is 1. The van der Waals surface area contributed by atoms with Crippen LogP contribution < -0.4 is 16.4 Å². The van der Waals surface area contributed by atoms with Gasteiger partial charge < -0.3 is 16.4 Å². The molecule has 0 aliphatic heterocycles. The van der Waals surface area contributed by atoms with Crippen molar-refractivity contribution in [2.75, 3.05) is 11.9 Å². The van der Waals surface area contributed by atoms with Gasteiger partial charge in [0.25, 0.3) is 5.91 Å². The van der Waals surface area contributed by atoms with E-state index >= 15 is 0 Å². The molecule has 1 aliphatic carbocycles. The molecule has 0 unspecified atom stereocenters. The SMILES string of the molecule is CC(C)CC(=O)Nc1ccc(C(=O)NC2(CN)CCCC2)cc1F. The zero-order chi connectivity index (χ0) is 17.7. The number of nitrogens with one attached hydrogen (secondary N) is 2. The molecule has 1 aromatic rings. The Balaban J connectivity index is 2.05. The van der Waals surface area contributed by atoms with Crippen LogP contribution in [0.3, 0.4) is 0 Å². The fourth-order valence-electron chi connectivity index (χ4n) is 3.07. The summed E-state index contributed by atoms with van der Waals surface area (Å²) in [7, 11) is 0. The Bertz CT molecular complexity index is 610. The van der Waals surface area contributed by atoms with Crippen molar-refractivity contribution in [2.45, 2.75) is 51.5 Å². The standard InChI is InChI=1S/C18H26FN3O2/c1-12(2)9-16(23)21-15-6-5-13(10-14(15)19)17(24)22-18(11-20)7-3-4-8-18/h5-6,10,12H,3-4,7-9,11,20H2,1-2H3,(H,21,23)(H,22,24). The van der Waals surface area contributed by atoms with Gasteiger partial charge >= 0.3 is 0 Å². The zero-order valence-corrected chi connectivity index (χ0v) is 14.3. The predicted molar refractivity (Wildman–Crippen MR) is 92.2 cm³/mol. The molecular formula is C18H26FN3O2. The van der Waals surface area contributed by atoms with E-state index < -0.39 is 5.82 Å². The van der Waals surface area contributed by atoms with Gasteiger partial charge in [-0.25, -0.2) is 4.39 Å². The predicted octanol–water partition coefficient (Wildman–Crippen LogP) is 2.81. The number of benzene rings is 1. The van der Waals surface area contributed by atoms with Gasteiger partial charge in [-0.1, -0.05) is 26.7 Å². The Hall–Kier alpha value is -1.95. The maximum atomic E-state index is 14.2. The summed E-state index contributed by atoms with van der Waals surface area (Å²) in [6.07, 6.45) is 4.09. The summed E-state index contributed by atoms with van der Waals surface area (Å²) >= 11 is 0. The molecule has 0 radical (unpaired) electrons.